The second-order valence-corrected chi connectivity index (χ2v) is 5.31. The van der Waals surface area contributed by atoms with E-state index in [1.807, 2.05) is 37.3 Å². The summed E-state index contributed by atoms with van der Waals surface area (Å²) in [6, 6.07) is 13.0. The molecule has 0 saturated heterocycles. The van der Waals surface area contributed by atoms with E-state index in [2.05, 4.69) is 0 Å². The number of nitrogens with zero attached hydrogens (tertiary/aromatic N) is 1. The van der Waals surface area contributed by atoms with Crippen LogP contribution in [0.3, 0.4) is 0 Å². The van der Waals surface area contributed by atoms with E-state index < -0.39 is 10.9 Å². The first-order valence-electron chi connectivity index (χ1n) is 8.01. The molecule has 0 atom stereocenters. The van der Waals surface area contributed by atoms with E-state index in [4.69, 9.17) is 9.47 Å². The smallest absolute Gasteiger partial charge is 0.336 e. The SMILES string of the molecule is CCC(=CC=CC(=O)Oc1ccc([N+](=O)[O-])cc1)c1ccc(OC)cc1. The number of nitro groups is 1. The minimum atomic E-state index is -0.555. The van der Waals surface area contributed by atoms with Crippen LogP contribution in [-0.4, -0.2) is 18.0 Å². The third kappa shape index (κ3) is 5.31. The zero-order chi connectivity index (χ0) is 18.9. The van der Waals surface area contributed by atoms with Crippen molar-refractivity contribution < 1.29 is 19.2 Å². The molecule has 0 spiro atoms. The molecule has 0 aliphatic carbocycles. The summed E-state index contributed by atoms with van der Waals surface area (Å²) in [7, 11) is 1.62. The highest BCUT2D eigenvalue weighted by Gasteiger charge is 2.06. The van der Waals surface area contributed by atoms with Crippen molar-refractivity contribution in [2.75, 3.05) is 7.11 Å². The molecule has 2 aromatic rings. The molecule has 6 heteroatoms. The van der Waals surface area contributed by atoms with Gasteiger partial charge in [-0.25, -0.2) is 4.79 Å². The van der Waals surface area contributed by atoms with Crippen LogP contribution in [0, 0.1) is 10.1 Å². The first-order valence-corrected chi connectivity index (χ1v) is 8.01. The van der Waals surface area contributed by atoms with Crippen molar-refractivity contribution in [1.82, 2.24) is 0 Å². The standard InChI is InChI=1S/C20H19NO5/c1-3-15(16-7-11-18(25-2)12-8-16)5-4-6-20(22)26-19-13-9-17(10-14-19)21(23)24/h4-14H,3H2,1-2H3. The Labute approximate surface area is 151 Å². The van der Waals surface area contributed by atoms with Crippen molar-refractivity contribution in [3.63, 3.8) is 0 Å². The Hall–Kier alpha value is -3.41. The summed E-state index contributed by atoms with van der Waals surface area (Å²) < 4.78 is 10.2. The van der Waals surface area contributed by atoms with Crippen LogP contribution in [0.5, 0.6) is 11.5 Å². The van der Waals surface area contributed by atoms with Gasteiger partial charge in [-0.15, -0.1) is 0 Å². The van der Waals surface area contributed by atoms with E-state index in [1.165, 1.54) is 30.3 Å². The Balaban J connectivity index is 2.00. The summed E-state index contributed by atoms with van der Waals surface area (Å²) in [6.07, 6.45) is 5.57. The molecule has 0 bridgehead atoms. The first kappa shape index (κ1) is 18.9. The number of esters is 1. The van der Waals surface area contributed by atoms with Gasteiger partial charge in [0.1, 0.15) is 11.5 Å². The summed E-state index contributed by atoms with van der Waals surface area (Å²) in [4.78, 5) is 21.9. The summed E-state index contributed by atoms with van der Waals surface area (Å²) in [5, 5.41) is 10.6. The van der Waals surface area contributed by atoms with Gasteiger partial charge in [-0.1, -0.05) is 31.2 Å². The molecular formula is C20H19NO5. The predicted octanol–water partition coefficient (Wildman–Crippen LogP) is 4.56. The normalized spacial score (nSPS) is 11.4. The van der Waals surface area contributed by atoms with Gasteiger partial charge in [0.25, 0.3) is 5.69 Å². The Morgan fingerprint density at radius 3 is 2.23 bits per heavy atom. The van der Waals surface area contributed by atoms with E-state index in [-0.39, 0.29) is 11.4 Å². The minimum absolute atomic E-state index is 0.0599. The van der Waals surface area contributed by atoms with Crippen LogP contribution >= 0.6 is 0 Å². The lowest BCUT2D eigenvalue weighted by molar-refractivity contribution is -0.384. The molecule has 26 heavy (non-hydrogen) atoms. The molecular weight excluding hydrogens is 334 g/mol. The van der Waals surface area contributed by atoms with Gasteiger partial charge in [0.05, 0.1) is 12.0 Å². The van der Waals surface area contributed by atoms with Gasteiger partial charge in [0.2, 0.25) is 0 Å². The number of methoxy groups -OCH3 is 1. The maximum absolute atomic E-state index is 11.8. The molecule has 0 aromatic heterocycles. The third-order valence-corrected chi connectivity index (χ3v) is 3.64. The van der Waals surface area contributed by atoms with Crippen molar-refractivity contribution in [1.29, 1.82) is 0 Å². The molecule has 0 amide bonds. The van der Waals surface area contributed by atoms with Crippen molar-refractivity contribution in [3.05, 3.63) is 82.4 Å². The largest absolute Gasteiger partial charge is 0.497 e. The van der Waals surface area contributed by atoms with Crippen LogP contribution in [-0.2, 0) is 4.79 Å². The first-order chi connectivity index (χ1) is 12.5. The molecule has 0 saturated carbocycles. The lowest BCUT2D eigenvalue weighted by atomic mass is 10.0. The number of benzene rings is 2. The molecule has 0 N–H and O–H groups in total. The molecule has 0 aliphatic rings. The van der Waals surface area contributed by atoms with Gasteiger partial charge in [0.15, 0.2) is 0 Å². The van der Waals surface area contributed by atoms with Crippen LogP contribution < -0.4 is 9.47 Å². The fourth-order valence-corrected chi connectivity index (χ4v) is 2.25. The van der Waals surface area contributed by atoms with E-state index in [1.54, 1.807) is 13.2 Å². The predicted molar refractivity (Wildman–Crippen MR) is 99.1 cm³/mol. The molecule has 0 fully saturated rings. The highest BCUT2D eigenvalue weighted by molar-refractivity contribution is 5.85. The minimum Gasteiger partial charge on any atom is -0.497 e. The maximum atomic E-state index is 11.8. The fourth-order valence-electron chi connectivity index (χ4n) is 2.25. The second-order valence-electron chi connectivity index (χ2n) is 5.31. The molecule has 0 aliphatic heterocycles. The summed E-state index contributed by atoms with van der Waals surface area (Å²) in [6.45, 7) is 2.03. The Morgan fingerprint density at radius 2 is 1.69 bits per heavy atom. The summed E-state index contributed by atoms with van der Waals surface area (Å²) in [5.41, 5.74) is 2.05. The van der Waals surface area contributed by atoms with Crippen LogP contribution in [0.2, 0.25) is 0 Å². The number of rotatable bonds is 7. The van der Waals surface area contributed by atoms with Crippen LogP contribution in [0.4, 0.5) is 5.69 Å². The van der Waals surface area contributed by atoms with Crippen molar-refractivity contribution in [2.24, 2.45) is 0 Å². The van der Waals surface area contributed by atoms with Gasteiger partial charge in [0, 0.05) is 18.2 Å². The van der Waals surface area contributed by atoms with Gasteiger partial charge >= 0.3 is 5.97 Å². The Morgan fingerprint density at radius 1 is 1.08 bits per heavy atom. The quantitative estimate of drug-likeness (QED) is 0.182. The number of ether oxygens (including phenoxy) is 2. The molecule has 0 radical (unpaired) electrons. The van der Waals surface area contributed by atoms with E-state index in [0.717, 1.165) is 23.3 Å². The molecule has 6 nitrogen and oxygen atoms in total. The summed E-state index contributed by atoms with van der Waals surface area (Å²) >= 11 is 0. The lowest BCUT2D eigenvalue weighted by Crippen LogP contribution is -2.03. The van der Waals surface area contributed by atoms with E-state index >= 15 is 0 Å². The maximum Gasteiger partial charge on any atom is 0.336 e. The van der Waals surface area contributed by atoms with Crippen LogP contribution in [0.15, 0.2) is 66.8 Å². The number of hydrogen-bond acceptors (Lipinski definition) is 5. The third-order valence-electron chi connectivity index (χ3n) is 3.64. The van der Waals surface area contributed by atoms with Crippen LogP contribution in [0.25, 0.3) is 5.57 Å². The zero-order valence-corrected chi connectivity index (χ0v) is 14.5. The van der Waals surface area contributed by atoms with Gasteiger partial charge < -0.3 is 9.47 Å². The van der Waals surface area contributed by atoms with Crippen molar-refractivity contribution in [3.8, 4) is 11.5 Å². The number of carbonyl (C=O) groups is 1. The second kappa shape index (κ2) is 9.17. The number of non-ortho nitro benzene ring substituents is 1. The molecule has 2 aromatic carbocycles. The average molecular weight is 353 g/mol. The molecule has 0 heterocycles. The number of carbonyl (C=O) groups excluding carboxylic acids is 1. The lowest BCUT2D eigenvalue weighted by Gasteiger charge is -2.05. The van der Waals surface area contributed by atoms with E-state index in [0.29, 0.717) is 0 Å². The van der Waals surface area contributed by atoms with E-state index in [9.17, 15) is 14.9 Å². The number of allylic oxidation sites excluding steroid dienone is 3. The number of hydrogen-bond donors (Lipinski definition) is 0. The number of nitro benzene ring substituents is 1. The Kier molecular flexibility index (Phi) is 6.68. The fraction of sp³-hybridized carbons (Fsp3) is 0.150. The van der Waals surface area contributed by atoms with Crippen molar-refractivity contribution >= 4 is 17.2 Å². The van der Waals surface area contributed by atoms with Crippen molar-refractivity contribution in [2.45, 2.75) is 13.3 Å². The summed E-state index contributed by atoms with van der Waals surface area (Å²) in [5.74, 6) is 0.479. The zero-order valence-electron chi connectivity index (χ0n) is 14.5. The highest BCUT2D eigenvalue weighted by atomic mass is 16.6. The average Bonchev–Trinajstić information content (AvgIpc) is 2.66. The molecule has 0 unspecified atom stereocenters. The van der Waals surface area contributed by atoms with Gasteiger partial charge in [-0.3, -0.25) is 10.1 Å². The highest BCUT2D eigenvalue weighted by Crippen LogP contribution is 2.21. The molecule has 134 valence electrons. The Bertz CT molecular complexity index is 820. The monoisotopic (exact) mass is 353 g/mol. The molecule has 2 rings (SSSR count). The topological polar surface area (TPSA) is 78.7 Å². The van der Waals surface area contributed by atoms with Crippen LogP contribution in [0.1, 0.15) is 18.9 Å². The van der Waals surface area contributed by atoms with Gasteiger partial charge in [-0.2, -0.15) is 0 Å². The van der Waals surface area contributed by atoms with Gasteiger partial charge in [-0.05, 0) is 41.8 Å².